The van der Waals surface area contributed by atoms with Crippen LogP contribution in [0.3, 0.4) is 0 Å². The van der Waals surface area contributed by atoms with Gasteiger partial charge in [-0.2, -0.15) is 0 Å². The number of aryl methyl sites for hydroxylation is 1. The van der Waals surface area contributed by atoms with Crippen LogP contribution >= 0.6 is 23.1 Å². The van der Waals surface area contributed by atoms with E-state index in [0.29, 0.717) is 17.5 Å². The first kappa shape index (κ1) is 14.8. The van der Waals surface area contributed by atoms with Crippen molar-refractivity contribution in [2.45, 2.75) is 31.4 Å². The second-order valence-corrected chi connectivity index (χ2v) is 8.12. The van der Waals surface area contributed by atoms with Crippen molar-refractivity contribution in [2.75, 3.05) is 16.7 Å². The Labute approximate surface area is 111 Å². The molecule has 0 amide bonds. The third-order valence-corrected chi connectivity index (χ3v) is 5.84. The molecule has 0 atom stereocenters. The van der Waals surface area contributed by atoms with Gasteiger partial charge in [-0.25, -0.2) is 13.4 Å². The SMILES string of the molecule is CSc1sc(NS(=O)(=O)CCC(C)C)nc1C. The van der Waals surface area contributed by atoms with Crippen molar-refractivity contribution in [3.05, 3.63) is 5.69 Å². The van der Waals surface area contributed by atoms with Gasteiger partial charge in [0.15, 0.2) is 5.13 Å². The Hall–Kier alpha value is -0.270. The Bertz CT molecular complexity index is 466. The van der Waals surface area contributed by atoms with Gasteiger partial charge in [0.25, 0.3) is 0 Å². The Kier molecular flexibility index (Phi) is 5.27. The summed E-state index contributed by atoms with van der Waals surface area (Å²) in [5.74, 6) is 0.532. The molecule has 1 aromatic heterocycles. The van der Waals surface area contributed by atoms with Gasteiger partial charge in [0.2, 0.25) is 10.0 Å². The van der Waals surface area contributed by atoms with E-state index in [1.54, 1.807) is 11.8 Å². The van der Waals surface area contributed by atoms with E-state index in [9.17, 15) is 8.42 Å². The molecule has 0 radical (unpaired) electrons. The molecule has 0 spiro atoms. The first-order valence-corrected chi connectivity index (χ1v) is 9.05. The van der Waals surface area contributed by atoms with E-state index < -0.39 is 10.0 Å². The quantitative estimate of drug-likeness (QED) is 0.820. The van der Waals surface area contributed by atoms with Gasteiger partial charge in [0.1, 0.15) is 0 Å². The number of thiazole rings is 1. The third-order valence-electron chi connectivity index (χ3n) is 2.15. The van der Waals surface area contributed by atoms with E-state index in [4.69, 9.17) is 0 Å². The molecule has 0 aliphatic heterocycles. The molecule has 1 N–H and O–H groups in total. The Balaban J connectivity index is 2.69. The number of nitrogens with one attached hydrogen (secondary N) is 1. The van der Waals surface area contributed by atoms with Crippen molar-refractivity contribution in [1.82, 2.24) is 4.98 Å². The number of sulfonamides is 1. The molecule has 0 aliphatic carbocycles. The molecular formula is C10H18N2O2S3. The highest BCUT2D eigenvalue weighted by Crippen LogP contribution is 2.30. The summed E-state index contributed by atoms with van der Waals surface area (Å²) in [6.07, 6.45) is 2.62. The van der Waals surface area contributed by atoms with Crippen LogP contribution in [0, 0.1) is 12.8 Å². The molecule has 4 nitrogen and oxygen atoms in total. The van der Waals surface area contributed by atoms with Gasteiger partial charge in [-0.3, -0.25) is 4.72 Å². The second-order valence-electron chi connectivity index (χ2n) is 4.20. The number of hydrogen-bond donors (Lipinski definition) is 1. The Morgan fingerprint density at radius 3 is 2.59 bits per heavy atom. The van der Waals surface area contributed by atoms with Crippen molar-refractivity contribution >= 4 is 38.3 Å². The summed E-state index contributed by atoms with van der Waals surface area (Å²) in [4.78, 5) is 4.20. The van der Waals surface area contributed by atoms with Gasteiger partial charge >= 0.3 is 0 Å². The molecule has 0 aliphatic rings. The van der Waals surface area contributed by atoms with Crippen LogP contribution in [0.25, 0.3) is 0 Å². The average Bonchev–Trinajstić information content (AvgIpc) is 2.55. The summed E-state index contributed by atoms with van der Waals surface area (Å²) < 4.78 is 27.1. The van der Waals surface area contributed by atoms with Crippen LogP contribution in [0.4, 0.5) is 5.13 Å². The molecule has 17 heavy (non-hydrogen) atoms. The summed E-state index contributed by atoms with van der Waals surface area (Å²) in [6.45, 7) is 5.90. The molecule has 1 heterocycles. The smallest absolute Gasteiger partial charge is 0.234 e. The summed E-state index contributed by atoms with van der Waals surface area (Å²) in [5, 5.41) is 0.468. The van der Waals surface area contributed by atoms with Crippen LogP contribution in [-0.2, 0) is 10.0 Å². The molecule has 0 bridgehead atoms. The highest BCUT2D eigenvalue weighted by atomic mass is 32.2. The third kappa shape index (κ3) is 4.85. The minimum absolute atomic E-state index is 0.151. The minimum atomic E-state index is -3.25. The van der Waals surface area contributed by atoms with Gasteiger partial charge in [0, 0.05) is 0 Å². The number of nitrogens with zero attached hydrogens (tertiary/aromatic N) is 1. The molecular weight excluding hydrogens is 276 g/mol. The van der Waals surface area contributed by atoms with Crippen LogP contribution in [0.2, 0.25) is 0 Å². The van der Waals surface area contributed by atoms with Crippen molar-refractivity contribution < 1.29 is 8.42 Å². The van der Waals surface area contributed by atoms with Crippen LogP contribution in [0.15, 0.2) is 4.21 Å². The fourth-order valence-corrected chi connectivity index (χ4v) is 4.40. The fraction of sp³-hybridized carbons (Fsp3) is 0.700. The van der Waals surface area contributed by atoms with Crippen LogP contribution in [-0.4, -0.2) is 25.4 Å². The van der Waals surface area contributed by atoms with Gasteiger partial charge < -0.3 is 0 Å². The molecule has 7 heteroatoms. The Morgan fingerprint density at radius 1 is 1.47 bits per heavy atom. The number of aromatic nitrogens is 1. The van der Waals surface area contributed by atoms with Crippen molar-refractivity contribution in [2.24, 2.45) is 5.92 Å². The minimum Gasteiger partial charge on any atom is -0.259 e. The second kappa shape index (κ2) is 6.06. The lowest BCUT2D eigenvalue weighted by molar-refractivity contribution is 0.578. The van der Waals surface area contributed by atoms with Crippen molar-refractivity contribution in [1.29, 1.82) is 0 Å². The predicted molar refractivity (Wildman–Crippen MR) is 75.5 cm³/mol. The number of thioether (sulfide) groups is 1. The molecule has 0 saturated heterocycles. The highest BCUT2D eigenvalue weighted by molar-refractivity contribution is 8.00. The summed E-state index contributed by atoms with van der Waals surface area (Å²) >= 11 is 2.96. The summed E-state index contributed by atoms with van der Waals surface area (Å²) in [6, 6.07) is 0. The molecule has 0 unspecified atom stereocenters. The van der Waals surface area contributed by atoms with Gasteiger partial charge in [-0.15, -0.1) is 11.8 Å². The zero-order valence-electron chi connectivity index (χ0n) is 10.5. The van der Waals surface area contributed by atoms with Crippen molar-refractivity contribution in [3.63, 3.8) is 0 Å². The zero-order valence-corrected chi connectivity index (χ0v) is 12.9. The maximum Gasteiger partial charge on any atom is 0.234 e. The first-order chi connectivity index (χ1) is 7.84. The van der Waals surface area contributed by atoms with Crippen LogP contribution in [0.5, 0.6) is 0 Å². The molecule has 0 aromatic carbocycles. The average molecular weight is 294 g/mol. The fourth-order valence-electron chi connectivity index (χ4n) is 1.19. The normalized spacial score (nSPS) is 12.1. The van der Waals surface area contributed by atoms with E-state index in [1.165, 1.54) is 11.3 Å². The topological polar surface area (TPSA) is 59.1 Å². The van der Waals surface area contributed by atoms with Gasteiger partial charge in [0.05, 0.1) is 15.7 Å². The first-order valence-electron chi connectivity index (χ1n) is 5.36. The van der Waals surface area contributed by atoms with Crippen LogP contribution in [0.1, 0.15) is 26.0 Å². The number of rotatable bonds is 6. The largest absolute Gasteiger partial charge is 0.259 e. The maximum atomic E-state index is 11.8. The highest BCUT2D eigenvalue weighted by Gasteiger charge is 2.15. The molecule has 1 aromatic rings. The lowest BCUT2D eigenvalue weighted by Gasteiger charge is -2.06. The number of hydrogen-bond acceptors (Lipinski definition) is 5. The molecule has 1 rings (SSSR count). The van der Waals surface area contributed by atoms with Gasteiger partial charge in [-0.1, -0.05) is 25.2 Å². The lowest BCUT2D eigenvalue weighted by atomic mass is 10.2. The molecule has 0 fully saturated rings. The number of anilines is 1. The van der Waals surface area contributed by atoms with Gasteiger partial charge in [-0.05, 0) is 25.5 Å². The summed E-state index contributed by atoms with van der Waals surface area (Å²) in [5.41, 5.74) is 0.879. The molecule has 98 valence electrons. The standard InChI is InChI=1S/C10H18N2O2S3/c1-7(2)5-6-17(13,14)12-10-11-8(3)9(15-4)16-10/h7H,5-6H2,1-4H3,(H,11,12). The van der Waals surface area contributed by atoms with Crippen molar-refractivity contribution in [3.8, 4) is 0 Å². The zero-order chi connectivity index (χ0) is 13.1. The lowest BCUT2D eigenvalue weighted by Crippen LogP contribution is -2.17. The van der Waals surface area contributed by atoms with E-state index in [2.05, 4.69) is 9.71 Å². The van der Waals surface area contributed by atoms with E-state index in [1.807, 2.05) is 27.0 Å². The van der Waals surface area contributed by atoms with E-state index in [0.717, 1.165) is 9.90 Å². The Morgan fingerprint density at radius 2 is 2.12 bits per heavy atom. The van der Waals surface area contributed by atoms with E-state index in [-0.39, 0.29) is 5.75 Å². The maximum absolute atomic E-state index is 11.8. The monoisotopic (exact) mass is 294 g/mol. The van der Waals surface area contributed by atoms with Crippen LogP contribution < -0.4 is 4.72 Å². The predicted octanol–water partition coefficient (Wildman–Crippen LogP) is 2.96. The molecule has 0 saturated carbocycles. The summed E-state index contributed by atoms with van der Waals surface area (Å²) in [7, 11) is -3.25. The van der Waals surface area contributed by atoms with E-state index >= 15 is 0 Å².